The van der Waals surface area contributed by atoms with Gasteiger partial charge >= 0.3 is 0 Å². The zero-order chi connectivity index (χ0) is 17.6. The van der Waals surface area contributed by atoms with E-state index >= 15 is 0 Å². The molecule has 0 saturated carbocycles. The van der Waals surface area contributed by atoms with E-state index in [2.05, 4.69) is 9.97 Å². The lowest BCUT2D eigenvalue weighted by Crippen LogP contribution is -2.30. The van der Waals surface area contributed by atoms with E-state index in [1.54, 1.807) is 12.0 Å². The second kappa shape index (κ2) is 5.89. The van der Waals surface area contributed by atoms with Gasteiger partial charge in [0.1, 0.15) is 11.6 Å². The van der Waals surface area contributed by atoms with Gasteiger partial charge in [-0.1, -0.05) is 0 Å². The number of aliphatic hydroxyl groups excluding tert-OH is 1. The van der Waals surface area contributed by atoms with Crippen molar-refractivity contribution >= 4 is 22.6 Å². The van der Waals surface area contributed by atoms with Crippen LogP contribution in [0.15, 0.2) is 36.4 Å². The molecule has 2 aromatic carbocycles. The first-order valence-corrected chi connectivity index (χ1v) is 8.22. The zero-order valence-electron chi connectivity index (χ0n) is 14.1. The van der Waals surface area contributed by atoms with Crippen LogP contribution in [-0.4, -0.2) is 41.2 Å². The molecule has 6 nitrogen and oxygen atoms in total. The second-order valence-electron chi connectivity index (χ2n) is 6.18. The summed E-state index contributed by atoms with van der Waals surface area (Å²) >= 11 is 0. The number of hydrogen-bond donors (Lipinski definition) is 2. The standard InChI is InChI=1S/C19H19N3O3/c1-11-14-9-15-16(10-17(14)22(7-8-23)19(11)24)21-18(20-15)12-3-5-13(25-2)6-4-12/h3-6,9-11,23H,7-8H2,1-2H3,(H,20,21). The van der Waals surface area contributed by atoms with E-state index in [9.17, 15) is 9.90 Å². The molecule has 1 atom stereocenters. The van der Waals surface area contributed by atoms with E-state index in [0.717, 1.165) is 39.4 Å². The Labute approximate surface area is 145 Å². The molecule has 128 valence electrons. The molecule has 0 fully saturated rings. The number of aliphatic hydroxyl groups is 1. The Balaban J connectivity index is 1.79. The lowest BCUT2D eigenvalue weighted by molar-refractivity contribution is -0.119. The summed E-state index contributed by atoms with van der Waals surface area (Å²) < 4.78 is 5.19. The molecule has 1 aromatic heterocycles. The number of fused-ring (bicyclic) bond motifs is 2. The third-order valence-electron chi connectivity index (χ3n) is 4.71. The van der Waals surface area contributed by atoms with Gasteiger partial charge in [-0.2, -0.15) is 0 Å². The molecule has 1 amide bonds. The van der Waals surface area contributed by atoms with Crippen LogP contribution in [0, 0.1) is 0 Å². The summed E-state index contributed by atoms with van der Waals surface area (Å²) in [7, 11) is 1.64. The van der Waals surface area contributed by atoms with Crippen LogP contribution < -0.4 is 9.64 Å². The van der Waals surface area contributed by atoms with Gasteiger partial charge in [0.2, 0.25) is 5.91 Å². The summed E-state index contributed by atoms with van der Waals surface area (Å²) in [6.07, 6.45) is 0. The molecule has 4 rings (SSSR count). The van der Waals surface area contributed by atoms with Gasteiger partial charge < -0.3 is 19.7 Å². The lowest BCUT2D eigenvalue weighted by atomic mass is 10.0. The number of aromatic amines is 1. The van der Waals surface area contributed by atoms with Crippen LogP contribution >= 0.6 is 0 Å². The van der Waals surface area contributed by atoms with Crippen molar-refractivity contribution in [2.45, 2.75) is 12.8 Å². The second-order valence-corrected chi connectivity index (χ2v) is 6.18. The molecule has 0 bridgehead atoms. The monoisotopic (exact) mass is 337 g/mol. The number of hydrogen-bond acceptors (Lipinski definition) is 4. The van der Waals surface area contributed by atoms with Crippen molar-refractivity contribution in [3.63, 3.8) is 0 Å². The third kappa shape index (κ3) is 2.46. The predicted octanol–water partition coefficient (Wildman–Crippen LogP) is 2.68. The third-order valence-corrected chi connectivity index (χ3v) is 4.71. The Kier molecular flexibility index (Phi) is 3.69. The van der Waals surface area contributed by atoms with Crippen molar-refractivity contribution in [2.24, 2.45) is 0 Å². The SMILES string of the molecule is COc1ccc(-c2nc3cc4c(cc3[nH]2)N(CCO)C(=O)C4C)cc1. The quantitative estimate of drug-likeness (QED) is 0.767. The number of aromatic nitrogens is 2. The zero-order valence-corrected chi connectivity index (χ0v) is 14.1. The first kappa shape index (κ1) is 15.7. The minimum Gasteiger partial charge on any atom is -0.497 e. The number of amides is 1. The Hall–Kier alpha value is -2.86. The Bertz CT molecular complexity index is 946. The van der Waals surface area contributed by atoms with Crippen molar-refractivity contribution < 1.29 is 14.6 Å². The summed E-state index contributed by atoms with van der Waals surface area (Å²) in [6.45, 7) is 2.14. The van der Waals surface area contributed by atoms with E-state index in [0.29, 0.717) is 6.54 Å². The number of anilines is 1. The van der Waals surface area contributed by atoms with Crippen molar-refractivity contribution in [1.82, 2.24) is 9.97 Å². The Morgan fingerprint density at radius 2 is 2.04 bits per heavy atom. The number of carbonyl (C=O) groups excluding carboxylic acids is 1. The molecule has 2 heterocycles. The van der Waals surface area contributed by atoms with Crippen LogP contribution in [0.3, 0.4) is 0 Å². The number of carbonyl (C=O) groups is 1. The van der Waals surface area contributed by atoms with E-state index in [1.807, 2.05) is 43.3 Å². The number of nitrogens with one attached hydrogen (secondary N) is 1. The van der Waals surface area contributed by atoms with Gasteiger partial charge in [-0.15, -0.1) is 0 Å². The molecule has 0 radical (unpaired) electrons. The average molecular weight is 337 g/mol. The van der Waals surface area contributed by atoms with E-state index in [-0.39, 0.29) is 18.4 Å². The number of imidazole rings is 1. The molecule has 0 saturated heterocycles. The highest BCUT2D eigenvalue weighted by molar-refractivity contribution is 6.07. The topological polar surface area (TPSA) is 78.4 Å². The van der Waals surface area contributed by atoms with Crippen LogP contribution in [0.1, 0.15) is 18.4 Å². The van der Waals surface area contributed by atoms with Gasteiger partial charge in [-0.05, 0) is 48.9 Å². The number of β-amino-alcohol motifs (C(OH)–C–C–N with tert-alkyl or cyclic N) is 1. The minimum absolute atomic E-state index is 0.0204. The van der Waals surface area contributed by atoms with E-state index in [1.165, 1.54) is 0 Å². The number of ether oxygens (including phenoxy) is 1. The molecule has 1 aliphatic heterocycles. The van der Waals surface area contributed by atoms with Gasteiger partial charge in [-0.25, -0.2) is 4.98 Å². The molecule has 25 heavy (non-hydrogen) atoms. The van der Waals surface area contributed by atoms with Gasteiger partial charge in [0, 0.05) is 17.8 Å². The molecule has 1 aliphatic rings. The summed E-state index contributed by atoms with van der Waals surface area (Å²) in [5.41, 5.74) is 4.47. The number of methoxy groups -OCH3 is 1. The van der Waals surface area contributed by atoms with Crippen LogP contribution in [0.5, 0.6) is 5.75 Å². The molecule has 3 aromatic rings. The number of rotatable bonds is 4. The van der Waals surface area contributed by atoms with Crippen molar-refractivity contribution in [1.29, 1.82) is 0 Å². The van der Waals surface area contributed by atoms with Crippen molar-refractivity contribution in [3.05, 3.63) is 42.0 Å². The largest absolute Gasteiger partial charge is 0.497 e. The fraction of sp³-hybridized carbons (Fsp3) is 0.263. The van der Waals surface area contributed by atoms with Crippen LogP contribution in [0.25, 0.3) is 22.4 Å². The minimum atomic E-state index is -0.216. The fourth-order valence-electron chi connectivity index (χ4n) is 3.34. The van der Waals surface area contributed by atoms with E-state index in [4.69, 9.17) is 4.74 Å². The van der Waals surface area contributed by atoms with E-state index < -0.39 is 0 Å². The molecular weight excluding hydrogens is 318 g/mol. The highest BCUT2D eigenvalue weighted by atomic mass is 16.5. The van der Waals surface area contributed by atoms with Crippen molar-refractivity contribution in [3.8, 4) is 17.1 Å². The lowest BCUT2D eigenvalue weighted by Gasteiger charge is -2.15. The number of benzene rings is 2. The highest BCUT2D eigenvalue weighted by Crippen LogP contribution is 2.39. The van der Waals surface area contributed by atoms with Gasteiger partial charge in [0.05, 0.1) is 30.7 Å². The number of H-pyrrole nitrogens is 1. The molecule has 6 heteroatoms. The van der Waals surface area contributed by atoms with Gasteiger partial charge in [-0.3, -0.25) is 4.79 Å². The molecule has 2 N–H and O–H groups in total. The first-order valence-electron chi connectivity index (χ1n) is 8.22. The molecule has 0 aliphatic carbocycles. The maximum Gasteiger partial charge on any atom is 0.234 e. The Morgan fingerprint density at radius 1 is 1.28 bits per heavy atom. The molecule has 0 spiro atoms. The molecular formula is C19H19N3O3. The highest BCUT2D eigenvalue weighted by Gasteiger charge is 2.34. The van der Waals surface area contributed by atoms with Gasteiger partial charge in [0.25, 0.3) is 0 Å². The average Bonchev–Trinajstić information content (AvgIpc) is 3.15. The van der Waals surface area contributed by atoms with Crippen LogP contribution in [-0.2, 0) is 4.79 Å². The summed E-state index contributed by atoms with van der Waals surface area (Å²) in [5.74, 6) is 1.37. The first-order chi connectivity index (χ1) is 12.1. The smallest absolute Gasteiger partial charge is 0.234 e. The summed E-state index contributed by atoms with van der Waals surface area (Å²) in [5, 5.41) is 9.24. The maximum absolute atomic E-state index is 12.4. The summed E-state index contributed by atoms with van der Waals surface area (Å²) in [4.78, 5) is 22.0. The fourth-order valence-corrected chi connectivity index (χ4v) is 3.34. The summed E-state index contributed by atoms with van der Waals surface area (Å²) in [6, 6.07) is 11.6. The van der Waals surface area contributed by atoms with Crippen molar-refractivity contribution in [2.75, 3.05) is 25.2 Å². The van der Waals surface area contributed by atoms with Crippen LogP contribution in [0.2, 0.25) is 0 Å². The van der Waals surface area contributed by atoms with Gasteiger partial charge in [0.15, 0.2) is 0 Å². The number of nitrogens with zero attached hydrogens (tertiary/aromatic N) is 2. The maximum atomic E-state index is 12.4. The normalized spacial score (nSPS) is 16.5. The molecule has 1 unspecified atom stereocenters. The Morgan fingerprint density at radius 3 is 2.72 bits per heavy atom. The predicted molar refractivity (Wildman–Crippen MR) is 95.9 cm³/mol. The van der Waals surface area contributed by atoms with Crippen LogP contribution in [0.4, 0.5) is 5.69 Å².